The standard InChI is InChI=1S/C25H29F4NO3/c1-5-17-7-10-19(11-8-17)22(16(4)25(27,28)29)23(31)30-21-14-18(9-12-20(21)26)13-15(3)24(32)33-6-2/h7-12,14-16,22H,5-6,13H2,1-4H3,(H,30,31)/t15?,16-,22+/m1/s1. The summed E-state index contributed by atoms with van der Waals surface area (Å²) in [5.74, 6) is -6.21. The van der Waals surface area contributed by atoms with Gasteiger partial charge in [-0.3, -0.25) is 9.59 Å². The number of aryl methyl sites for hydroxylation is 1. The summed E-state index contributed by atoms with van der Waals surface area (Å²) < 4.78 is 60.0. The molecule has 0 aliphatic heterocycles. The van der Waals surface area contributed by atoms with Crippen LogP contribution in [0.1, 0.15) is 50.3 Å². The van der Waals surface area contributed by atoms with Gasteiger partial charge in [0, 0.05) is 0 Å². The van der Waals surface area contributed by atoms with Crippen LogP contribution in [0.15, 0.2) is 42.5 Å². The molecular formula is C25H29F4NO3. The summed E-state index contributed by atoms with van der Waals surface area (Å²) in [7, 11) is 0. The fourth-order valence-electron chi connectivity index (χ4n) is 3.54. The molecule has 0 aliphatic rings. The van der Waals surface area contributed by atoms with Gasteiger partial charge >= 0.3 is 12.1 Å². The van der Waals surface area contributed by atoms with E-state index < -0.39 is 41.6 Å². The molecule has 2 aromatic rings. The quantitative estimate of drug-likeness (QED) is 0.361. The van der Waals surface area contributed by atoms with E-state index >= 15 is 0 Å². The molecule has 0 aromatic heterocycles. The lowest BCUT2D eigenvalue weighted by molar-refractivity contribution is -0.178. The van der Waals surface area contributed by atoms with Crippen molar-refractivity contribution >= 4 is 17.6 Å². The van der Waals surface area contributed by atoms with E-state index in [0.717, 1.165) is 18.6 Å². The first-order chi connectivity index (χ1) is 15.5. The third-order valence-electron chi connectivity index (χ3n) is 5.57. The van der Waals surface area contributed by atoms with E-state index in [4.69, 9.17) is 4.74 Å². The minimum Gasteiger partial charge on any atom is -0.466 e. The Morgan fingerprint density at radius 1 is 1.00 bits per heavy atom. The Hall–Kier alpha value is -2.90. The second-order valence-corrected chi connectivity index (χ2v) is 8.06. The van der Waals surface area contributed by atoms with E-state index in [-0.39, 0.29) is 24.3 Å². The minimum absolute atomic E-state index is 0.196. The summed E-state index contributed by atoms with van der Waals surface area (Å²) in [4.78, 5) is 24.8. The number of carbonyl (C=O) groups excluding carboxylic acids is 2. The lowest BCUT2D eigenvalue weighted by Gasteiger charge is -2.26. The highest BCUT2D eigenvalue weighted by Gasteiger charge is 2.45. The van der Waals surface area contributed by atoms with Crippen molar-refractivity contribution < 1.29 is 31.9 Å². The first-order valence-corrected chi connectivity index (χ1v) is 10.9. The number of halogens is 4. The molecule has 1 amide bonds. The second-order valence-electron chi connectivity index (χ2n) is 8.06. The minimum atomic E-state index is -4.62. The number of esters is 1. The van der Waals surface area contributed by atoms with Crippen LogP contribution < -0.4 is 5.32 Å². The molecule has 0 saturated carbocycles. The molecule has 0 fully saturated rings. The monoisotopic (exact) mass is 467 g/mol. The van der Waals surface area contributed by atoms with Gasteiger partial charge in [0.25, 0.3) is 0 Å². The number of amides is 1. The summed E-state index contributed by atoms with van der Waals surface area (Å²) in [5.41, 5.74) is 1.42. The van der Waals surface area contributed by atoms with Crippen molar-refractivity contribution in [2.75, 3.05) is 11.9 Å². The summed E-state index contributed by atoms with van der Waals surface area (Å²) >= 11 is 0. The van der Waals surface area contributed by atoms with E-state index in [0.29, 0.717) is 12.0 Å². The normalized spacial score (nSPS) is 14.3. The number of anilines is 1. The molecule has 0 bridgehead atoms. The van der Waals surface area contributed by atoms with Gasteiger partial charge in [0.2, 0.25) is 5.91 Å². The molecule has 2 aromatic carbocycles. The first kappa shape index (κ1) is 26.4. The van der Waals surface area contributed by atoms with Gasteiger partial charge in [-0.1, -0.05) is 51.1 Å². The van der Waals surface area contributed by atoms with Crippen molar-refractivity contribution in [1.29, 1.82) is 0 Å². The Morgan fingerprint density at radius 2 is 1.61 bits per heavy atom. The molecular weight excluding hydrogens is 438 g/mol. The number of benzene rings is 2. The predicted octanol–water partition coefficient (Wildman–Crippen LogP) is 6.05. The number of rotatable bonds is 9. The number of carbonyl (C=O) groups is 2. The van der Waals surface area contributed by atoms with Crippen molar-refractivity contribution in [1.82, 2.24) is 0 Å². The molecule has 0 saturated heterocycles. The molecule has 0 heterocycles. The molecule has 0 aliphatic carbocycles. The highest BCUT2D eigenvalue weighted by atomic mass is 19.4. The molecule has 1 N–H and O–H groups in total. The van der Waals surface area contributed by atoms with E-state index in [1.165, 1.54) is 24.3 Å². The van der Waals surface area contributed by atoms with Crippen LogP contribution in [0, 0.1) is 17.7 Å². The summed E-state index contributed by atoms with van der Waals surface area (Å²) in [5, 5.41) is 2.33. The van der Waals surface area contributed by atoms with Gasteiger partial charge in [-0.15, -0.1) is 0 Å². The molecule has 2 rings (SSSR count). The van der Waals surface area contributed by atoms with Crippen LogP contribution in [0.4, 0.5) is 23.2 Å². The van der Waals surface area contributed by atoms with Gasteiger partial charge in [0.15, 0.2) is 0 Å². The maximum atomic E-state index is 14.4. The van der Waals surface area contributed by atoms with E-state index in [1.807, 2.05) is 6.92 Å². The molecule has 33 heavy (non-hydrogen) atoms. The van der Waals surface area contributed by atoms with Gasteiger partial charge < -0.3 is 10.1 Å². The van der Waals surface area contributed by atoms with Crippen LogP contribution in [0.3, 0.4) is 0 Å². The lowest BCUT2D eigenvalue weighted by Crippen LogP contribution is -2.34. The van der Waals surface area contributed by atoms with E-state index in [1.54, 1.807) is 26.0 Å². The van der Waals surface area contributed by atoms with E-state index in [2.05, 4.69) is 5.32 Å². The lowest BCUT2D eigenvalue weighted by atomic mass is 9.85. The first-order valence-electron chi connectivity index (χ1n) is 10.9. The molecule has 8 heteroatoms. The fraction of sp³-hybridized carbons (Fsp3) is 0.440. The van der Waals surface area contributed by atoms with Crippen LogP contribution >= 0.6 is 0 Å². The Kier molecular flexibility index (Phi) is 9.02. The largest absolute Gasteiger partial charge is 0.466 e. The van der Waals surface area contributed by atoms with Crippen molar-refractivity contribution in [3.05, 3.63) is 65.0 Å². The molecule has 4 nitrogen and oxygen atoms in total. The number of ether oxygens (including phenoxy) is 1. The van der Waals surface area contributed by atoms with E-state index in [9.17, 15) is 27.2 Å². The molecule has 1 unspecified atom stereocenters. The molecule has 3 atom stereocenters. The van der Waals surface area contributed by atoms with Crippen LogP contribution in [0.5, 0.6) is 0 Å². The average molecular weight is 468 g/mol. The third kappa shape index (κ3) is 7.04. The topological polar surface area (TPSA) is 55.4 Å². The van der Waals surface area contributed by atoms with Gasteiger partial charge in [-0.05, 0) is 48.6 Å². The Bertz CT molecular complexity index is 957. The SMILES string of the molecule is CCOC(=O)C(C)Cc1ccc(F)c(NC(=O)[C@H](c2ccc(CC)cc2)[C@@H](C)C(F)(F)F)c1. The van der Waals surface area contributed by atoms with Gasteiger partial charge in [0.1, 0.15) is 5.82 Å². The highest BCUT2D eigenvalue weighted by Crippen LogP contribution is 2.38. The van der Waals surface area contributed by atoms with Crippen molar-refractivity contribution in [2.45, 2.75) is 52.6 Å². The number of hydrogen-bond donors (Lipinski definition) is 1. The van der Waals surface area contributed by atoms with Crippen LogP contribution in [0.25, 0.3) is 0 Å². The Balaban J connectivity index is 2.31. The number of nitrogens with one attached hydrogen (secondary N) is 1. The number of alkyl halides is 3. The Morgan fingerprint density at radius 3 is 2.15 bits per heavy atom. The van der Waals surface area contributed by atoms with Crippen LogP contribution in [-0.4, -0.2) is 24.7 Å². The van der Waals surface area contributed by atoms with Gasteiger partial charge in [0.05, 0.1) is 30.0 Å². The molecule has 0 radical (unpaired) electrons. The summed E-state index contributed by atoms with van der Waals surface area (Å²) in [6.45, 7) is 6.42. The van der Waals surface area contributed by atoms with Crippen molar-refractivity contribution in [3.8, 4) is 0 Å². The zero-order valence-corrected chi connectivity index (χ0v) is 19.1. The molecule has 0 spiro atoms. The Labute approximate surface area is 191 Å². The molecule has 180 valence electrons. The van der Waals surface area contributed by atoms with Crippen LogP contribution in [-0.2, 0) is 27.2 Å². The highest BCUT2D eigenvalue weighted by molar-refractivity contribution is 5.96. The zero-order valence-electron chi connectivity index (χ0n) is 19.1. The summed E-state index contributed by atoms with van der Waals surface area (Å²) in [6, 6.07) is 10.3. The number of hydrogen-bond acceptors (Lipinski definition) is 3. The maximum absolute atomic E-state index is 14.4. The zero-order chi connectivity index (χ0) is 24.8. The van der Waals surface area contributed by atoms with Crippen molar-refractivity contribution in [2.24, 2.45) is 11.8 Å². The van der Waals surface area contributed by atoms with Crippen LogP contribution in [0.2, 0.25) is 0 Å². The van der Waals surface area contributed by atoms with Gasteiger partial charge in [-0.25, -0.2) is 4.39 Å². The summed E-state index contributed by atoms with van der Waals surface area (Å²) in [6.07, 6.45) is -3.70. The maximum Gasteiger partial charge on any atom is 0.392 e. The van der Waals surface area contributed by atoms with Crippen molar-refractivity contribution in [3.63, 3.8) is 0 Å². The van der Waals surface area contributed by atoms with Gasteiger partial charge in [-0.2, -0.15) is 13.2 Å². The second kappa shape index (κ2) is 11.3. The smallest absolute Gasteiger partial charge is 0.392 e. The third-order valence-corrected chi connectivity index (χ3v) is 5.57. The average Bonchev–Trinajstić information content (AvgIpc) is 2.76. The predicted molar refractivity (Wildman–Crippen MR) is 118 cm³/mol. The fourth-order valence-corrected chi connectivity index (χ4v) is 3.54.